The highest BCUT2D eigenvalue weighted by Crippen LogP contribution is 2.33. The lowest BCUT2D eigenvalue weighted by Gasteiger charge is -2.13. The number of nitrogens with one attached hydrogen (secondary N) is 1. The Hall–Kier alpha value is -3.50. The summed E-state index contributed by atoms with van der Waals surface area (Å²) in [5, 5.41) is 5.17. The maximum atomic E-state index is 13.2. The third-order valence-corrected chi connectivity index (χ3v) is 6.86. The molecule has 1 aliphatic rings. The monoisotopic (exact) mass is 481 g/mol. The molecule has 0 fully saturated rings. The normalized spacial score (nSPS) is 12.2. The number of amides is 1. The molecule has 1 aliphatic heterocycles. The average molecular weight is 482 g/mol. The van der Waals surface area contributed by atoms with Crippen LogP contribution in [-0.4, -0.2) is 35.1 Å². The zero-order valence-electron chi connectivity index (χ0n) is 17.6. The summed E-state index contributed by atoms with van der Waals surface area (Å²) in [6.45, 7) is 0.487. The highest BCUT2D eigenvalue weighted by Gasteiger charge is 2.17. The molecule has 0 aliphatic carbocycles. The quantitative estimate of drug-likeness (QED) is 0.315. The molecule has 0 unspecified atom stereocenters. The van der Waals surface area contributed by atoms with Gasteiger partial charge in [0.25, 0.3) is 5.56 Å². The summed E-state index contributed by atoms with van der Waals surface area (Å²) in [6.07, 6.45) is 0. The van der Waals surface area contributed by atoms with Crippen LogP contribution in [0.15, 0.2) is 63.9 Å². The van der Waals surface area contributed by atoms with Crippen LogP contribution >= 0.6 is 23.1 Å². The summed E-state index contributed by atoms with van der Waals surface area (Å²) < 4.78 is 18.2. The molecule has 8 nitrogen and oxygen atoms in total. The van der Waals surface area contributed by atoms with Gasteiger partial charge in [0.2, 0.25) is 12.7 Å². The number of aromatic nitrogens is 2. The molecule has 33 heavy (non-hydrogen) atoms. The maximum absolute atomic E-state index is 13.2. The Balaban J connectivity index is 1.38. The van der Waals surface area contributed by atoms with E-state index in [0.29, 0.717) is 44.9 Å². The van der Waals surface area contributed by atoms with Crippen LogP contribution < -0.4 is 25.1 Å². The summed E-state index contributed by atoms with van der Waals surface area (Å²) in [5.41, 5.74) is 2.01. The molecule has 0 radical (unpaired) electrons. The van der Waals surface area contributed by atoms with E-state index < -0.39 is 0 Å². The van der Waals surface area contributed by atoms with Crippen molar-refractivity contribution in [2.45, 2.75) is 11.7 Å². The second-order valence-electron chi connectivity index (χ2n) is 7.18. The van der Waals surface area contributed by atoms with Crippen molar-refractivity contribution in [1.82, 2.24) is 9.55 Å². The van der Waals surface area contributed by atoms with Gasteiger partial charge in [0.15, 0.2) is 16.7 Å². The number of rotatable bonds is 7. The van der Waals surface area contributed by atoms with Crippen molar-refractivity contribution in [2.24, 2.45) is 0 Å². The van der Waals surface area contributed by atoms with E-state index in [1.165, 1.54) is 23.1 Å². The van der Waals surface area contributed by atoms with Crippen LogP contribution in [0.4, 0.5) is 5.69 Å². The Bertz CT molecular complexity index is 1400. The van der Waals surface area contributed by atoms with Crippen molar-refractivity contribution in [3.05, 3.63) is 69.8 Å². The summed E-state index contributed by atoms with van der Waals surface area (Å²) in [7, 11) is 1.57. The molecule has 5 rings (SSSR count). The molecule has 2 aromatic heterocycles. The van der Waals surface area contributed by atoms with Crippen LogP contribution in [0.1, 0.15) is 5.56 Å². The molecule has 3 heterocycles. The molecule has 2 aromatic carbocycles. The first-order valence-corrected chi connectivity index (χ1v) is 11.9. The molecule has 10 heteroatoms. The first-order valence-electron chi connectivity index (χ1n) is 10.0. The number of thioether (sulfide) groups is 1. The number of anilines is 1. The Morgan fingerprint density at radius 1 is 1.21 bits per heavy atom. The van der Waals surface area contributed by atoms with Crippen molar-refractivity contribution in [2.75, 3.05) is 25.0 Å². The van der Waals surface area contributed by atoms with Crippen molar-refractivity contribution in [3.63, 3.8) is 0 Å². The molecule has 0 saturated carbocycles. The van der Waals surface area contributed by atoms with E-state index in [-0.39, 0.29) is 24.0 Å². The van der Waals surface area contributed by atoms with Crippen LogP contribution in [-0.2, 0) is 11.3 Å². The number of fused-ring (bicyclic) bond motifs is 2. The highest BCUT2D eigenvalue weighted by atomic mass is 32.2. The number of methoxy groups -OCH3 is 1. The van der Waals surface area contributed by atoms with Gasteiger partial charge in [-0.15, -0.1) is 11.3 Å². The fourth-order valence-electron chi connectivity index (χ4n) is 3.42. The molecule has 0 saturated heterocycles. The van der Waals surface area contributed by atoms with Gasteiger partial charge < -0.3 is 19.5 Å². The second kappa shape index (κ2) is 9.16. The summed E-state index contributed by atoms with van der Waals surface area (Å²) in [4.78, 5) is 30.4. The Morgan fingerprint density at radius 2 is 2.09 bits per heavy atom. The van der Waals surface area contributed by atoms with Gasteiger partial charge in [0, 0.05) is 11.8 Å². The van der Waals surface area contributed by atoms with E-state index in [0.717, 1.165) is 5.56 Å². The number of carbonyl (C=O) groups is 1. The highest BCUT2D eigenvalue weighted by molar-refractivity contribution is 7.99. The van der Waals surface area contributed by atoms with Gasteiger partial charge in [-0.05, 0) is 41.3 Å². The fourth-order valence-corrected chi connectivity index (χ4v) is 5.00. The minimum Gasteiger partial charge on any atom is -0.497 e. The molecule has 168 valence electrons. The second-order valence-corrected chi connectivity index (χ2v) is 9.04. The van der Waals surface area contributed by atoms with Gasteiger partial charge in [-0.2, -0.15) is 0 Å². The average Bonchev–Trinajstić information content (AvgIpc) is 3.49. The Kier molecular flexibility index (Phi) is 5.93. The molecule has 4 aromatic rings. The molecule has 0 atom stereocenters. The zero-order chi connectivity index (χ0) is 22.8. The van der Waals surface area contributed by atoms with Crippen molar-refractivity contribution >= 4 is 44.9 Å². The minimum absolute atomic E-state index is 0.0977. The minimum atomic E-state index is -0.206. The first-order chi connectivity index (χ1) is 16.1. The molecule has 0 bridgehead atoms. The zero-order valence-corrected chi connectivity index (χ0v) is 19.2. The van der Waals surface area contributed by atoms with E-state index in [9.17, 15) is 9.59 Å². The van der Waals surface area contributed by atoms with Crippen LogP contribution in [0.2, 0.25) is 0 Å². The Morgan fingerprint density at radius 3 is 2.97 bits per heavy atom. The Labute approximate surface area is 197 Å². The predicted molar refractivity (Wildman–Crippen MR) is 128 cm³/mol. The number of ether oxygens (including phenoxy) is 3. The smallest absolute Gasteiger partial charge is 0.272 e. The van der Waals surface area contributed by atoms with Crippen molar-refractivity contribution in [1.29, 1.82) is 0 Å². The number of nitrogens with zero attached hydrogens (tertiary/aromatic N) is 2. The van der Waals surface area contributed by atoms with Crippen molar-refractivity contribution < 1.29 is 19.0 Å². The van der Waals surface area contributed by atoms with Crippen LogP contribution in [0.25, 0.3) is 10.2 Å². The van der Waals surface area contributed by atoms with Gasteiger partial charge in [0.1, 0.15) is 10.4 Å². The number of hydrogen-bond donors (Lipinski definition) is 1. The number of carbonyl (C=O) groups excluding carboxylic acids is 1. The lowest BCUT2D eigenvalue weighted by Crippen LogP contribution is -2.24. The predicted octanol–water partition coefficient (Wildman–Crippen LogP) is 3.97. The fraction of sp³-hybridized carbons (Fsp3) is 0.174. The van der Waals surface area contributed by atoms with E-state index in [1.807, 2.05) is 29.6 Å². The molecule has 1 N–H and O–H groups in total. The topological polar surface area (TPSA) is 91.7 Å². The largest absolute Gasteiger partial charge is 0.497 e. The maximum Gasteiger partial charge on any atom is 0.272 e. The van der Waals surface area contributed by atoms with E-state index in [1.54, 1.807) is 35.9 Å². The van der Waals surface area contributed by atoms with Gasteiger partial charge >= 0.3 is 0 Å². The van der Waals surface area contributed by atoms with E-state index in [2.05, 4.69) is 10.3 Å². The number of thiophene rings is 1. The van der Waals surface area contributed by atoms with Gasteiger partial charge in [-0.3, -0.25) is 14.2 Å². The molecular formula is C23H19N3O5S2. The van der Waals surface area contributed by atoms with Crippen LogP contribution in [0.3, 0.4) is 0 Å². The molecular weight excluding hydrogens is 462 g/mol. The summed E-state index contributed by atoms with van der Waals surface area (Å²) in [5.74, 6) is 1.88. The van der Waals surface area contributed by atoms with E-state index >= 15 is 0 Å². The van der Waals surface area contributed by atoms with Crippen LogP contribution in [0, 0.1) is 0 Å². The summed E-state index contributed by atoms with van der Waals surface area (Å²) >= 11 is 2.57. The van der Waals surface area contributed by atoms with Gasteiger partial charge in [-0.1, -0.05) is 23.9 Å². The lowest BCUT2D eigenvalue weighted by molar-refractivity contribution is -0.113. The third-order valence-electron chi connectivity index (χ3n) is 4.99. The third kappa shape index (κ3) is 4.53. The number of benzene rings is 2. The van der Waals surface area contributed by atoms with Gasteiger partial charge in [0.05, 0.1) is 24.9 Å². The standard InChI is InChI=1S/C23H19N3O5S2/c1-29-16-4-2-3-15(10-16)24-20(27)12-33-23-25-17-7-8-32-21(17)22(28)26(23)11-14-5-6-18-19(9-14)31-13-30-18/h2-10H,11-13H2,1H3,(H,24,27). The first kappa shape index (κ1) is 21.4. The lowest BCUT2D eigenvalue weighted by atomic mass is 10.2. The van der Waals surface area contributed by atoms with Crippen molar-refractivity contribution in [3.8, 4) is 17.2 Å². The van der Waals surface area contributed by atoms with Gasteiger partial charge in [-0.25, -0.2) is 4.98 Å². The van der Waals surface area contributed by atoms with E-state index in [4.69, 9.17) is 14.2 Å². The molecule has 0 spiro atoms. The number of hydrogen-bond acceptors (Lipinski definition) is 8. The van der Waals surface area contributed by atoms with Crippen LogP contribution in [0.5, 0.6) is 17.2 Å². The molecule has 1 amide bonds. The summed E-state index contributed by atoms with van der Waals surface area (Å²) in [6, 6.07) is 14.5. The SMILES string of the molecule is COc1cccc(NC(=O)CSc2nc3ccsc3c(=O)n2Cc2ccc3c(c2)OCO3)c1.